The average Bonchev–Trinajstić information content (AvgIpc) is 2.82. The molecule has 0 aliphatic heterocycles. The van der Waals surface area contributed by atoms with Gasteiger partial charge >= 0.3 is 6.09 Å². The Morgan fingerprint density at radius 3 is 2.13 bits per heavy atom. The molecule has 3 unspecified atom stereocenters. The third-order valence-electron chi connectivity index (χ3n) is 6.67. The van der Waals surface area contributed by atoms with E-state index in [0.717, 1.165) is 49.7 Å². The highest BCUT2D eigenvalue weighted by atomic mass is 16.6. The highest BCUT2D eigenvalue weighted by Gasteiger charge is 2.37. The topological polar surface area (TPSA) is 87.7 Å². The van der Waals surface area contributed by atoms with Crippen LogP contribution < -0.4 is 10.6 Å². The lowest BCUT2D eigenvalue weighted by atomic mass is 9.97. The molecular formula is C32H55N3O4. The lowest BCUT2D eigenvalue weighted by Crippen LogP contribution is -2.55. The van der Waals surface area contributed by atoms with Crippen molar-refractivity contribution in [3.63, 3.8) is 0 Å². The van der Waals surface area contributed by atoms with Crippen molar-refractivity contribution in [1.82, 2.24) is 15.5 Å². The highest BCUT2D eigenvalue weighted by Crippen LogP contribution is 2.26. The maximum atomic E-state index is 14.2. The second-order valence-corrected chi connectivity index (χ2v) is 12.2. The summed E-state index contributed by atoms with van der Waals surface area (Å²) in [4.78, 5) is 42.5. The Kier molecular flexibility index (Phi) is 15.2. The molecule has 0 fully saturated rings. The predicted octanol–water partition coefficient (Wildman–Crippen LogP) is 7.08. The lowest BCUT2D eigenvalue weighted by molar-refractivity contribution is -0.143. The fourth-order valence-corrected chi connectivity index (χ4v) is 4.70. The first-order chi connectivity index (χ1) is 18.3. The molecule has 0 heterocycles. The quantitative estimate of drug-likeness (QED) is 0.217. The van der Waals surface area contributed by atoms with Crippen molar-refractivity contribution in [2.24, 2.45) is 5.92 Å². The van der Waals surface area contributed by atoms with Gasteiger partial charge in [0.1, 0.15) is 17.7 Å². The molecule has 39 heavy (non-hydrogen) atoms. The third-order valence-corrected chi connectivity index (χ3v) is 6.67. The summed E-state index contributed by atoms with van der Waals surface area (Å²) in [5.74, 6) is -0.660. The second kappa shape index (κ2) is 17.2. The molecule has 0 saturated carbocycles. The zero-order valence-electron chi connectivity index (χ0n) is 26.1. The number of amides is 3. The minimum Gasteiger partial charge on any atom is -0.444 e. The van der Waals surface area contributed by atoms with Crippen molar-refractivity contribution < 1.29 is 19.1 Å². The van der Waals surface area contributed by atoms with E-state index in [1.54, 1.807) is 25.7 Å². The second-order valence-electron chi connectivity index (χ2n) is 12.2. The van der Waals surface area contributed by atoms with Gasteiger partial charge in [0.2, 0.25) is 11.8 Å². The summed E-state index contributed by atoms with van der Waals surface area (Å²) in [6.07, 6.45) is 7.55. The molecule has 0 bridgehead atoms. The number of hydrogen-bond donors (Lipinski definition) is 2. The van der Waals surface area contributed by atoms with Crippen LogP contribution in [0.25, 0.3) is 0 Å². The van der Waals surface area contributed by atoms with E-state index in [1.807, 2.05) is 52.0 Å². The van der Waals surface area contributed by atoms with Crippen molar-refractivity contribution in [2.45, 2.75) is 137 Å². The molecule has 0 aliphatic rings. The van der Waals surface area contributed by atoms with Gasteiger partial charge in [0.15, 0.2) is 0 Å². The number of benzene rings is 1. The first-order valence-corrected chi connectivity index (χ1v) is 15.0. The number of aryl methyl sites for hydroxylation is 1. The Balaban J connectivity index is 3.43. The maximum Gasteiger partial charge on any atom is 0.408 e. The van der Waals surface area contributed by atoms with Gasteiger partial charge in [-0.1, -0.05) is 96.0 Å². The average molecular weight is 546 g/mol. The number of carbonyl (C=O) groups is 3. The van der Waals surface area contributed by atoms with Crippen LogP contribution in [0, 0.1) is 12.8 Å². The zero-order chi connectivity index (χ0) is 29.6. The zero-order valence-corrected chi connectivity index (χ0v) is 26.1. The number of ether oxygens (including phenoxy) is 1. The lowest BCUT2D eigenvalue weighted by Gasteiger charge is -2.36. The minimum atomic E-state index is -0.826. The SMILES string of the molecule is CCCCCCCCN(C(=O)C(NC(=O)OC(C)(C)C)C(C)C)C(C(=O)NC(C)CCC)c1cccc(C)c1. The predicted molar refractivity (Wildman–Crippen MR) is 160 cm³/mol. The Morgan fingerprint density at radius 2 is 1.56 bits per heavy atom. The molecule has 0 aliphatic carbocycles. The van der Waals surface area contributed by atoms with Crippen molar-refractivity contribution in [3.05, 3.63) is 35.4 Å². The summed E-state index contributed by atoms with van der Waals surface area (Å²) in [5.41, 5.74) is 1.10. The summed E-state index contributed by atoms with van der Waals surface area (Å²) in [7, 11) is 0. The summed E-state index contributed by atoms with van der Waals surface area (Å²) < 4.78 is 5.47. The van der Waals surface area contributed by atoms with E-state index in [0.29, 0.717) is 6.54 Å². The summed E-state index contributed by atoms with van der Waals surface area (Å²) >= 11 is 0. The van der Waals surface area contributed by atoms with Gasteiger partial charge in [-0.15, -0.1) is 0 Å². The largest absolute Gasteiger partial charge is 0.444 e. The van der Waals surface area contributed by atoms with E-state index in [1.165, 1.54) is 12.8 Å². The molecule has 0 spiro atoms. The Morgan fingerprint density at radius 1 is 0.923 bits per heavy atom. The molecule has 0 aromatic heterocycles. The molecule has 7 nitrogen and oxygen atoms in total. The van der Waals surface area contributed by atoms with Gasteiger partial charge in [0.25, 0.3) is 0 Å². The van der Waals surface area contributed by atoms with Gasteiger partial charge in [-0.05, 0) is 58.9 Å². The first-order valence-electron chi connectivity index (χ1n) is 15.0. The number of nitrogens with one attached hydrogen (secondary N) is 2. The van der Waals surface area contributed by atoms with Crippen LogP contribution in [0.15, 0.2) is 24.3 Å². The number of unbranched alkanes of at least 4 members (excludes halogenated alkanes) is 5. The normalized spacial score (nSPS) is 13.9. The van der Waals surface area contributed by atoms with E-state index in [-0.39, 0.29) is 23.8 Å². The monoisotopic (exact) mass is 545 g/mol. The molecule has 2 N–H and O–H groups in total. The van der Waals surface area contributed by atoms with Crippen molar-refractivity contribution in [2.75, 3.05) is 6.54 Å². The van der Waals surface area contributed by atoms with Gasteiger partial charge in [-0.2, -0.15) is 0 Å². The standard InChI is InChI=1S/C32H55N3O4/c1-10-12-13-14-15-16-21-35(30(37)27(23(3)4)34-31(38)39-32(7,8)9)28(26-20-17-19-24(5)22-26)29(36)33-25(6)18-11-2/h17,19-20,22-23,25,27-28H,10-16,18,21H2,1-9H3,(H,33,36)(H,34,38). The third kappa shape index (κ3) is 12.9. The Hall–Kier alpha value is -2.57. The van der Waals surface area contributed by atoms with E-state index < -0.39 is 23.8 Å². The number of nitrogens with zero attached hydrogens (tertiary/aromatic N) is 1. The van der Waals surface area contributed by atoms with Crippen LogP contribution in [-0.2, 0) is 14.3 Å². The molecular weight excluding hydrogens is 490 g/mol. The van der Waals surface area contributed by atoms with Crippen LogP contribution in [0.5, 0.6) is 0 Å². The molecule has 0 saturated heterocycles. The fraction of sp³-hybridized carbons (Fsp3) is 0.719. The van der Waals surface area contributed by atoms with Crippen molar-refractivity contribution in [3.8, 4) is 0 Å². The Labute approximate surface area is 237 Å². The van der Waals surface area contributed by atoms with Crippen LogP contribution in [0.1, 0.15) is 124 Å². The van der Waals surface area contributed by atoms with Gasteiger partial charge in [0.05, 0.1) is 0 Å². The molecule has 0 radical (unpaired) electrons. The maximum absolute atomic E-state index is 14.2. The van der Waals surface area contributed by atoms with Crippen molar-refractivity contribution in [1.29, 1.82) is 0 Å². The number of rotatable bonds is 16. The van der Waals surface area contributed by atoms with Crippen molar-refractivity contribution >= 4 is 17.9 Å². The molecule has 222 valence electrons. The number of hydrogen-bond acceptors (Lipinski definition) is 4. The highest BCUT2D eigenvalue weighted by molar-refractivity contribution is 5.92. The van der Waals surface area contributed by atoms with Crippen LogP contribution >= 0.6 is 0 Å². The fourth-order valence-electron chi connectivity index (χ4n) is 4.70. The number of carbonyl (C=O) groups excluding carboxylic acids is 3. The molecule has 1 aromatic rings. The Bertz CT molecular complexity index is 894. The molecule has 1 aromatic carbocycles. The van der Waals surface area contributed by atoms with E-state index >= 15 is 0 Å². The molecule has 7 heteroatoms. The van der Waals surface area contributed by atoms with Gasteiger partial charge < -0.3 is 20.3 Å². The van der Waals surface area contributed by atoms with E-state index in [4.69, 9.17) is 4.74 Å². The van der Waals surface area contributed by atoms with Crippen LogP contribution in [0.4, 0.5) is 4.79 Å². The summed E-state index contributed by atoms with van der Waals surface area (Å²) in [5, 5.41) is 5.95. The number of alkyl carbamates (subject to hydrolysis) is 1. The van der Waals surface area contributed by atoms with Crippen LogP contribution in [-0.4, -0.2) is 47.0 Å². The minimum absolute atomic E-state index is 0.0124. The summed E-state index contributed by atoms with van der Waals surface area (Å²) in [6.45, 7) is 17.9. The van der Waals surface area contributed by atoms with Crippen LogP contribution in [0.2, 0.25) is 0 Å². The smallest absolute Gasteiger partial charge is 0.408 e. The van der Waals surface area contributed by atoms with Gasteiger partial charge in [0, 0.05) is 12.6 Å². The van der Waals surface area contributed by atoms with E-state index in [9.17, 15) is 14.4 Å². The first kappa shape index (κ1) is 34.5. The molecule has 3 amide bonds. The molecule has 3 atom stereocenters. The van der Waals surface area contributed by atoms with Gasteiger partial charge in [-0.3, -0.25) is 9.59 Å². The van der Waals surface area contributed by atoms with Gasteiger partial charge in [-0.25, -0.2) is 4.79 Å². The summed E-state index contributed by atoms with van der Waals surface area (Å²) in [6, 6.07) is 6.16. The van der Waals surface area contributed by atoms with Crippen LogP contribution in [0.3, 0.4) is 0 Å². The van der Waals surface area contributed by atoms with E-state index in [2.05, 4.69) is 24.5 Å². The molecule has 1 rings (SSSR count).